The number of halogens is 2. The zero-order valence-corrected chi connectivity index (χ0v) is 9.00. The molecule has 2 N–H and O–H groups in total. The molecule has 0 amide bonds. The fourth-order valence-corrected chi connectivity index (χ4v) is 1.72. The van der Waals surface area contributed by atoms with Crippen LogP contribution in [0.3, 0.4) is 0 Å². The second kappa shape index (κ2) is 3.84. The molecule has 1 heterocycles. The van der Waals surface area contributed by atoms with Gasteiger partial charge in [0.2, 0.25) is 0 Å². The van der Waals surface area contributed by atoms with Crippen molar-refractivity contribution >= 4 is 5.82 Å². The van der Waals surface area contributed by atoms with Gasteiger partial charge in [0.05, 0.1) is 11.3 Å². The second-order valence-electron chi connectivity index (χ2n) is 4.18. The number of rotatable bonds is 3. The van der Waals surface area contributed by atoms with Crippen LogP contribution in [0.2, 0.25) is 0 Å². The number of aromatic nitrogens is 2. The fraction of sp³-hybridized carbons (Fsp3) is 0.250. The third kappa shape index (κ3) is 2.00. The van der Waals surface area contributed by atoms with Gasteiger partial charge in [-0.2, -0.15) is 5.10 Å². The Balaban J connectivity index is 1.94. The molecule has 5 heteroatoms. The van der Waals surface area contributed by atoms with Gasteiger partial charge in [-0.15, -0.1) is 0 Å². The standard InChI is InChI=1S/C12H11F2N3/c13-8-2-1-3-9(14)12(8)10-6-11(17-16-10)15-7-4-5-7/h1-3,6-7H,4-5H2,(H2,15,16,17). The number of benzene rings is 1. The van der Waals surface area contributed by atoms with Crippen LogP contribution in [0.25, 0.3) is 11.3 Å². The lowest BCUT2D eigenvalue weighted by atomic mass is 10.1. The summed E-state index contributed by atoms with van der Waals surface area (Å²) in [5, 5.41) is 9.79. The van der Waals surface area contributed by atoms with Gasteiger partial charge in [-0.25, -0.2) is 8.78 Å². The van der Waals surface area contributed by atoms with Crippen molar-refractivity contribution in [1.82, 2.24) is 10.2 Å². The van der Waals surface area contributed by atoms with Crippen molar-refractivity contribution in [2.45, 2.75) is 18.9 Å². The van der Waals surface area contributed by atoms with Crippen LogP contribution in [0.15, 0.2) is 24.3 Å². The first-order valence-corrected chi connectivity index (χ1v) is 5.50. The van der Waals surface area contributed by atoms with Crippen molar-refractivity contribution in [2.24, 2.45) is 0 Å². The number of nitrogens with one attached hydrogen (secondary N) is 2. The van der Waals surface area contributed by atoms with Crippen molar-refractivity contribution < 1.29 is 8.78 Å². The summed E-state index contributed by atoms with van der Waals surface area (Å²) < 4.78 is 27.0. The van der Waals surface area contributed by atoms with E-state index in [1.54, 1.807) is 6.07 Å². The van der Waals surface area contributed by atoms with Crippen molar-refractivity contribution in [1.29, 1.82) is 0 Å². The molecule has 2 aromatic rings. The summed E-state index contributed by atoms with van der Waals surface area (Å²) in [4.78, 5) is 0. The fourth-order valence-electron chi connectivity index (χ4n) is 1.72. The first-order chi connectivity index (χ1) is 8.24. The molecule has 0 saturated heterocycles. The minimum Gasteiger partial charge on any atom is -0.366 e. The average Bonchev–Trinajstić information content (AvgIpc) is 2.97. The van der Waals surface area contributed by atoms with E-state index in [9.17, 15) is 8.78 Å². The number of hydrogen-bond acceptors (Lipinski definition) is 2. The highest BCUT2D eigenvalue weighted by Crippen LogP contribution is 2.28. The summed E-state index contributed by atoms with van der Waals surface area (Å²) in [5.74, 6) is -0.552. The summed E-state index contributed by atoms with van der Waals surface area (Å²) >= 11 is 0. The van der Waals surface area contributed by atoms with Crippen LogP contribution in [0.1, 0.15) is 12.8 Å². The highest BCUT2D eigenvalue weighted by molar-refractivity contribution is 5.64. The van der Waals surface area contributed by atoms with Crippen molar-refractivity contribution in [3.8, 4) is 11.3 Å². The van der Waals surface area contributed by atoms with E-state index in [4.69, 9.17) is 0 Å². The highest BCUT2D eigenvalue weighted by Gasteiger charge is 2.22. The SMILES string of the molecule is Fc1cccc(F)c1-c1cc(NC2CC2)n[nH]1. The molecule has 1 aliphatic rings. The Morgan fingerprint density at radius 3 is 2.59 bits per heavy atom. The molecule has 1 aliphatic carbocycles. The Morgan fingerprint density at radius 2 is 1.94 bits per heavy atom. The largest absolute Gasteiger partial charge is 0.366 e. The van der Waals surface area contributed by atoms with E-state index in [2.05, 4.69) is 15.5 Å². The predicted molar refractivity (Wildman–Crippen MR) is 60.6 cm³/mol. The van der Waals surface area contributed by atoms with Gasteiger partial charge < -0.3 is 5.32 Å². The summed E-state index contributed by atoms with van der Waals surface area (Å²) in [6, 6.07) is 5.88. The molecule has 1 saturated carbocycles. The van der Waals surface area contributed by atoms with E-state index in [0.29, 0.717) is 17.6 Å². The molecule has 0 unspecified atom stereocenters. The smallest absolute Gasteiger partial charge is 0.148 e. The van der Waals surface area contributed by atoms with E-state index in [1.807, 2.05) is 0 Å². The molecular weight excluding hydrogens is 224 g/mol. The molecule has 1 fully saturated rings. The van der Waals surface area contributed by atoms with Gasteiger partial charge >= 0.3 is 0 Å². The van der Waals surface area contributed by atoms with Gasteiger partial charge in [0.15, 0.2) is 0 Å². The molecule has 3 nitrogen and oxygen atoms in total. The van der Waals surface area contributed by atoms with Crippen LogP contribution in [-0.4, -0.2) is 16.2 Å². The first kappa shape index (κ1) is 10.3. The minimum atomic E-state index is -0.591. The molecule has 1 aromatic heterocycles. The van der Waals surface area contributed by atoms with Gasteiger partial charge in [0.1, 0.15) is 17.5 Å². The van der Waals surface area contributed by atoms with Crippen LogP contribution in [-0.2, 0) is 0 Å². The molecule has 0 atom stereocenters. The molecule has 17 heavy (non-hydrogen) atoms. The van der Waals surface area contributed by atoms with Gasteiger partial charge in [-0.3, -0.25) is 5.10 Å². The molecular formula is C12H11F2N3. The van der Waals surface area contributed by atoms with E-state index < -0.39 is 11.6 Å². The lowest BCUT2D eigenvalue weighted by Gasteiger charge is -2.00. The third-order valence-corrected chi connectivity index (χ3v) is 2.74. The number of aromatic amines is 1. The Labute approximate surface area is 96.9 Å². The third-order valence-electron chi connectivity index (χ3n) is 2.74. The van der Waals surface area contributed by atoms with Crippen LogP contribution in [0.4, 0.5) is 14.6 Å². The monoisotopic (exact) mass is 235 g/mol. The zero-order chi connectivity index (χ0) is 11.8. The zero-order valence-electron chi connectivity index (χ0n) is 9.00. The maximum absolute atomic E-state index is 13.5. The van der Waals surface area contributed by atoms with E-state index in [0.717, 1.165) is 12.8 Å². The summed E-state index contributed by atoms with van der Waals surface area (Å²) in [6.07, 6.45) is 2.24. The maximum atomic E-state index is 13.5. The molecule has 0 aliphatic heterocycles. The predicted octanol–water partition coefficient (Wildman–Crippen LogP) is 2.93. The van der Waals surface area contributed by atoms with Gasteiger partial charge in [-0.05, 0) is 25.0 Å². The quantitative estimate of drug-likeness (QED) is 0.858. The molecule has 0 radical (unpaired) electrons. The van der Waals surface area contributed by atoms with Gasteiger partial charge in [0, 0.05) is 12.1 Å². The van der Waals surface area contributed by atoms with E-state index in [1.165, 1.54) is 18.2 Å². The Kier molecular flexibility index (Phi) is 2.31. The maximum Gasteiger partial charge on any atom is 0.148 e. The molecule has 1 aromatic carbocycles. The number of anilines is 1. The van der Waals surface area contributed by atoms with Crippen LogP contribution in [0, 0.1) is 11.6 Å². The molecule has 3 rings (SSSR count). The number of hydrogen-bond donors (Lipinski definition) is 2. The van der Waals surface area contributed by atoms with Crippen molar-refractivity contribution in [3.63, 3.8) is 0 Å². The van der Waals surface area contributed by atoms with Crippen LogP contribution >= 0.6 is 0 Å². The number of H-pyrrole nitrogens is 1. The number of nitrogens with zero attached hydrogens (tertiary/aromatic N) is 1. The topological polar surface area (TPSA) is 40.7 Å². The molecule has 88 valence electrons. The summed E-state index contributed by atoms with van der Waals surface area (Å²) in [6.45, 7) is 0. The van der Waals surface area contributed by atoms with E-state index >= 15 is 0 Å². The summed E-state index contributed by atoms with van der Waals surface area (Å²) in [7, 11) is 0. The Morgan fingerprint density at radius 1 is 1.24 bits per heavy atom. The van der Waals surface area contributed by atoms with Crippen LogP contribution < -0.4 is 5.32 Å². The molecule has 0 spiro atoms. The minimum absolute atomic E-state index is 0.0659. The molecule has 0 bridgehead atoms. The second-order valence-corrected chi connectivity index (χ2v) is 4.18. The average molecular weight is 235 g/mol. The Bertz CT molecular complexity index is 526. The highest BCUT2D eigenvalue weighted by atomic mass is 19.1. The summed E-state index contributed by atoms with van der Waals surface area (Å²) in [5.41, 5.74) is 0.285. The van der Waals surface area contributed by atoms with Crippen LogP contribution in [0.5, 0.6) is 0 Å². The van der Waals surface area contributed by atoms with E-state index in [-0.39, 0.29) is 5.56 Å². The first-order valence-electron chi connectivity index (χ1n) is 5.50. The van der Waals surface area contributed by atoms with Crippen molar-refractivity contribution in [2.75, 3.05) is 5.32 Å². The lowest BCUT2D eigenvalue weighted by molar-refractivity contribution is 0.588. The van der Waals surface area contributed by atoms with Gasteiger partial charge in [-0.1, -0.05) is 6.07 Å². The van der Waals surface area contributed by atoms with Crippen molar-refractivity contribution in [3.05, 3.63) is 35.9 Å². The normalized spacial score (nSPS) is 14.9. The Hall–Kier alpha value is -1.91. The lowest BCUT2D eigenvalue weighted by Crippen LogP contribution is -2.00. The van der Waals surface area contributed by atoms with Gasteiger partial charge in [0.25, 0.3) is 0 Å².